The molecule has 3 aromatic rings. The van der Waals surface area contributed by atoms with Crippen molar-refractivity contribution in [1.29, 1.82) is 0 Å². The van der Waals surface area contributed by atoms with E-state index in [4.69, 9.17) is 0 Å². The summed E-state index contributed by atoms with van der Waals surface area (Å²) >= 11 is 0. The minimum atomic E-state index is -0.129. The Hall–Kier alpha value is -3.15. The Morgan fingerprint density at radius 1 is 1.16 bits per heavy atom. The average Bonchev–Trinajstić information content (AvgIpc) is 3.06. The summed E-state index contributed by atoms with van der Waals surface area (Å²) in [7, 11) is 0. The Balaban J connectivity index is 1.50. The van der Waals surface area contributed by atoms with Gasteiger partial charge in [-0.3, -0.25) is 9.78 Å². The molecule has 0 saturated heterocycles. The summed E-state index contributed by atoms with van der Waals surface area (Å²) in [4.78, 5) is 18.0. The van der Waals surface area contributed by atoms with Gasteiger partial charge in [-0.05, 0) is 35.7 Å². The van der Waals surface area contributed by atoms with Gasteiger partial charge in [0.05, 0.1) is 11.9 Å². The molecule has 1 aromatic carbocycles. The number of rotatable bonds is 4. The highest BCUT2D eigenvalue weighted by molar-refractivity contribution is 5.55. The minimum absolute atomic E-state index is 0.129. The average molecular weight is 333 g/mol. The Kier molecular flexibility index (Phi) is 3.93. The zero-order chi connectivity index (χ0) is 17.2. The normalized spacial score (nSPS) is 12.9. The summed E-state index contributed by atoms with van der Waals surface area (Å²) in [6.07, 6.45) is 5.29. The van der Waals surface area contributed by atoms with Gasteiger partial charge in [0.15, 0.2) is 0 Å². The summed E-state index contributed by atoms with van der Waals surface area (Å²) in [6.45, 7) is 4.20. The Morgan fingerprint density at radius 2 is 1.96 bits per heavy atom. The molecule has 0 bridgehead atoms. The molecule has 4 rings (SSSR count). The van der Waals surface area contributed by atoms with Crippen LogP contribution in [0.3, 0.4) is 0 Å². The van der Waals surface area contributed by atoms with Crippen LogP contribution in [0.4, 0.5) is 11.4 Å². The Morgan fingerprint density at radius 3 is 2.80 bits per heavy atom. The fourth-order valence-electron chi connectivity index (χ4n) is 3.17. The summed E-state index contributed by atoms with van der Waals surface area (Å²) in [5, 5.41) is 9.82. The summed E-state index contributed by atoms with van der Waals surface area (Å²) in [6, 6.07) is 10.5. The van der Waals surface area contributed by atoms with Gasteiger partial charge in [0.1, 0.15) is 0 Å². The number of benzene rings is 1. The van der Waals surface area contributed by atoms with Gasteiger partial charge in [-0.15, -0.1) is 0 Å². The maximum atomic E-state index is 11.8. The van der Waals surface area contributed by atoms with Crippen molar-refractivity contribution in [3.63, 3.8) is 0 Å². The van der Waals surface area contributed by atoms with Gasteiger partial charge in [-0.1, -0.05) is 18.2 Å². The summed E-state index contributed by atoms with van der Waals surface area (Å²) in [5.74, 6) is 0. The molecule has 0 unspecified atom stereocenters. The van der Waals surface area contributed by atoms with Crippen molar-refractivity contribution in [1.82, 2.24) is 15.2 Å². The van der Waals surface area contributed by atoms with Gasteiger partial charge in [0.2, 0.25) is 0 Å². The third-order valence-electron chi connectivity index (χ3n) is 4.59. The number of nitrogens with zero attached hydrogens (tertiary/aromatic N) is 3. The predicted molar refractivity (Wildman–Crippen MR) is 97.5 cm³/mol. The van der Waals surface area contributed by atoms with E-state index in [1.165, 1.54) is 16.7 Å². The van der Waals surface area contributed by atoms with Crippen molar-refractivity contribution in [2.24, 2.45) is 0 Å². The molecule has 126 valence electrons. The van der Waals surface area contributed by atoms with Crippen LogP contribution in [0.5, 0.6) is 0 Å². The molecule has 1 aliphatic heterocycles. The number of hydrogen-bond acceptors (Lipinski definition) is 5. The first kappa shape index (κ1) is 15.4. The van der Waals surface area contributed by atoms with Crippen LogP contribution in [0.1, 0.15) is 22.3 Å². The van der Waals surface area contributed by atoms with Crippen molar-refractivity contribution in [2.45, 2.75) is 26.6 Å². The molecule has 0 fully saturated rings. The topological polar surface area (TPSA) is 73.9 Å². The highest BCUT2D eigenvalue weighted by atomic mass is 16.1. The van der Waals surface area contributed by atoms with E-state index in [-0.39, 0.29) is 5.56 Å². The number of fused-ring (bicyclic) bond motifs is 1. The summed E-state index contributed by atoms with van der Waals surface area (Å²) in [5.41, 5.74) is 6.37. The third kappa shape index (κ3) is 3.10. The standard InChI is InChI=1S/C19H19N5O/c1-13-18(10-22-23-19(13)25)24-11-15-3-2-14(8-16(15)12-24)9-21-17-4-6-20-7-5-17/h2-8,10H,9,11-12H2,1H3,(H,20,21)(H,23,25). The third-order valence-corrected chi connectivity index (χ3v) is 4.59. The number of H-pyrrole nitrogens is 1. The van der Waals surface area contributed by atoms with Gasteiger partial charge >= 0.3 is 0 Å². The first-order chi connectivity index (χ1) is 12.2. The van der Waals surface area contributed by atoms with Gasteiger partial charge in [0, 0.05) is 43.3 Å². The van der Waals surface area contributed by atoms with Crippen LogP contribution in [0.15, 0.2) is 53.7 Å². The molecule has 0 spiro atoms. The second-order valence-corrected chi connectivity index (χ2v) is 6.26. The molecule has 25 heavy (non-hydrogen) atoms. The molecule has 6 heteroatoms. The highest BCUT2D eigenvalue weighted by Gasteiger charge is 2.21. The lowest BCUT2D eigenvalue weighted by Crippen LogP contribution is -2.21. The van der Waals surface area contributed by atoms with E-state index < -0.39 is 0 Å². The largest absolute Gasteiger partial charge is 0.381 e. The van der Waals surface area contributed by atoms with E-state index in [0.29, 0.717) is 5.56 Å². The molecule has 2 N–H and O–H groups in total. The monoisotopic (exact) mass is 333 g/mol. The fourth-order valence-corrected chi connectivity index (χ4v) is 3.17. The first-order valence-corrected chi connectivity index (χ1v) is 8.24. The van der Waals surface area contributed by atoms with Crippen molar-refractivity contribution in [3.05, 3.63) is 81.5 Å². The van der Waals surface area contributed by atoms with Crippen molar-refractivity contribution < 1.29 is 0 Å². The molecule has 2 aromatic heterocycles. The number of aromatic nitrogens is 3. The molecular formula is C19H19N5O. The van der Waals surface area contributed by atoms with Crippen LogP contribution in [0.2, 0.25) is 0 Å². The zero-order valence-corrected chi connectivity index (χ0v) is 14.0. The van der Waals surface area contributed by atoms with Crippen LogP contribution in [-0.4, -0.2) is 15.2 Å². The van der Waals surface area contributed by atoms with Crippen molar-refractivity contribution in [2.75, 3.05) is 10.2 Å². The van der Waals surface area contributed by atoms with Crippen LogP contribution >= 0.6 is 0 Å². The molecule has 0 aliphatic carbocycles. The molecule has 6 nitrogen and oxygen atoms in total. The van der Waals surface area contributed by atoms with Gasteiger partial charge < -0.3 is 10.2 Å². The smallest absolute Gasteiger partial charge is 0.269 e. The van der Waals surface area contributed by atoms with Crippen LogP contribution < -0.4 is 15.8 Å². The van der Waals surface area contributed by atoms with Crippen LogP contribution in [0.25, 0.3) is 0 Å². The molecule has 1 aliphatic rings. The quantitative estimate of drug-likeness (QED) is 0.768. The van der Waals surface area contributed by atoms with E-state index in [2.05, 4.69) is 43.6 Å². The van der Waals surface area contributed by atoms with Crippen LogP contribution in [0, 0.1) is 6.92 Å². The number of hydrogen-bond donors (Lipinski definition) is 2. The van der Waals surface area contributed by atoms with Gasteiger partial charge in [-0.2, -0.15) is 5.10 Å². The molecule has 3 heterocycles. The van der Waals surface area contributed by atoms with Gasteiger partial charge in [-0.25, -0.2) is 5.10 Å². The Bertz CT molecular complexity index is 952. The number of nitrogens with one attached hydrogen (secondary N) is 2. The SMILES string of the molecule is Cc1c(N2Cc3ccc(CNc4ccncc4)cc3C2)cn[nH]c1=O. The zero-order valence-electron chi connectivity index (χ0n) is 14.0. The van der Waals surface area contributed by atoms with Crippen LogP contribution in [-0.2, 0) is 19.6 Å². The minimum Gasteiger partial charge on any atom is -0.381 e. The molecular weight excluding hydrogens is 314 g/mol. The lowest BCUT2D eigenvalue weighted by Gasteiger charge is -2.18. The van der Waals surface area contributed by atoms with E-state index in [1.807, 2.05) is 19.1 Å². The lowest BCUT2D eigenvalue weighted by molar-refractivity contribution is 0.848. The second kappa shape index (κ2) is 6.39. The maximum Gasteiger partial charge on any atom is 0.269 e. The van der Waals surface area contributed by atoms with E-state index >= 15 is 0 Å². The van der Waals surface area contributed by atoms with Crippen molar-refractivity contribution >= 4 is 11.4 Å². The molecule has 0 atom stereocenters. The summed E-state index contributed by atoms with van der Waals surface area (Å²) < 4.78 is 0. The van der Waals surface area contributed by atoms with Crippen molar-refractivity contribution in [3.8, 4) is 0 Å². The number of pyridine rings is 1. The fraction of sp³-hybridized carbons (Fsp3) is 0.211. The molecule has 0 radical (unpaired) electrons. The van der Waals surface area contributed by atoms with E-state index in [1.54, 1.807) is 18.6 Å². The molecule has 0 saturated carbocycles. The Labute approximate surface area is 145 Å². The number of anilines is 2. The predicted octanol–water partition coefficient (Wildman–Crippen LogP) is 2.61. The van der Waals surface area contributed by atoms with E-state index in [9.17, 15) is 4.79 Å². The maximum absolute atomic E-state index is 11.8. The highest BCUT2D eigenvalue weighted by Crippen LogP contribution is 2.29. The molecule has 0 amide bonds. The number of aromatic amines is 1. The second-order valence-electron chi connectivity index (χ2n) is 6.26. The van der Waals surface area contributed by atoms with Gasteiger partial charge in [0.25, 0.3) is 5.56 Å². The van der Waals surface area contributed by atoms with E-state index in [0.717, 1.165) is 31.0 Å². The first-order valence-electron chi connectivity index (χ1n) is 8.24. The lowest BCUT2D eigenvalue weighted by atomic mass is 10.1.